The van der Waals surface area contributed by atoms with E-state index in [9.17, 15) is 21.6 Å². The summed E-state index contributed by atoms with van der Waals surface area (Å²) in [4.78, 5) is -0.0571. The highest BCUT2D eigenvalue weighted by Crippen LogP contribution is 2.36. The first-order valence-corrected chi connectivity index (χ1v) is 8.82. The van der Waals surface area contributed by atoms with Gasteiger partial charge in [0.05, 0.1) is 10.5 Å². The van der Waals surface area contributed by atoms with Gasteiger partial charge in [-0.05, 0) is 36.4 Å². The number of hydrogen-bond acceptors (Lipinski definition) is 2. The van der Waals surface area contributed by atoms with E-state index in [1.807, 2.05) is 0 Å². The number of halogens is 5. The van der Waals surface area contributed by atoms with E-state index in [1.165, 1.54) is 24.3 Å². The molecule has 9 heteroatoms. The zero-order valence-corrected chi connectivity index (χ0v) is 14.6. The second kappa shape index (κ2) is 6.21. The smallest absolute Gasteiger partial charge is 0.280 e. The van der Waals surface area contributed by atoms with Crippen LogP contribution < -0.4 is 4.72 Å². The Labute approximate surface area is 141 Å². The van der Waals surface area contributed by atoms with Crippen molar-refractivity contribution in [3.05, 3.63) is 57.0 Å². The van der Waals surface area contributed by atoms with Crippen LogP contribution in [0, 0.1) is 0 Å². The predicted octanol–water partition coefficient (Wildman–Crippen LogP) is 5.03. The average Bonchev–Trinajstić information content (AvgIpc) is 2.39. The number of sulfonamides is 1. The Hall–Kier alpha value is -1.06. The van der Waals surface area contributed by atoms with Gasteiger partial charge in [0, 0.05) is 14.6 Å². The molecule has 0 fully saturated rings. The summed E-state index contributed by atoms with van der Waals surface area (Å²) >= 11 is 5.94. The third-order valence-electron chi connectivity index (χ3n) is 2.63. The van der Waals surface area contributed by atoms with Crippen LogP contribution in [0.15, 0.2) is 56.3 Å². The molecule has 2 aromatic rings. The van der Waals surface area contributed by atoms with Gasteiger partial charge in [0.1, 0.15) is 0 Å². The van der Waals surface area contributed by atoms with Crippen molar-refractivity contribution in [2.24, 2.45) is 0 Å². The minimum Gasteiger partial charge on any atom is -0.280 e. The van der Waals surface area contributed by atoms with Gasteiger partial charge in [0.15, 0.2) is 0 Å². The zero-order chi connectivity index (χ0) is 16.5. The molecule has 0 unspecified atom stereocenters. The van der Waals surface area contributed by atoms with Gasteiger partial charge >= 0.3 is 6.18 Å². The summed E-state index contributed by atoms with van der Waals surface area (Å²) in [5.41, 5.74) is -1.13. The van der Waals surface area contributed by atoms with E-state index in [1.54, 1.807) is 6.07 Å². The van der Waals surface area contributed by atoms with Crippen LogP contribution in [0.2, 0.25) is 0 Å². The van der Waals surface area contributed by atoms with Crippen LogP contribution in [0.1, 0.15) is 5.56 Å². The maximum absolute atomic E-state index is 12.8. The standard InChI is InChI=1S/C13H8Br2F3NO2S/c14-8-2-1-3-10(6-8)22(20,21)19-9-4-5-12(15)11(7-9)13(16,17)18/h1-7,19H. The molecule has 0 aliphatic heterocycles. The molecule has 0 aliphatic carbocycles. The van der Waals surface area contributed by atoms with Gasteiger partial charge in [-0.1, -0.05) is 37.9 Å². The largest absolute Gasteiger partial charge is 0.417 e. The number of benzene rings is 2. The SMILES string of the molecule is O=S(=O)(Nc1ccc(Br)c(C(F)(F)F)c1)c1cccc(Br)c1. The van der Waals surface area contributed by atoms with Crippen molar-refractivity contribution < 1.29 is 21.6 Å². The van der Waals surface area contributed by atoms with E-state index >= 15 is 0 Å². The third-order valence-corrected chi connectivity index (χ3v) is 5.19. The molecule has 0 aromatic heterocycles. The molecule has 0 saturated carbocycles. The van der Waals surface area contributed by atoms with E-state index < -0.39 is 21.8 Å². The molecule has 2 rings (SSSR count). The molecule has 2 aromatic carbocycles. The van der Waals surface area contributed by atoms with Crippen LogP contribution >= 0.6 is 31.9 Å². The summed E-state index contributed by atoms with van der Waals surface area (Å²) in [6.45, 7) is 0. The van der Waals surface area contributed by atoms with Gasteiger partial charge in [0.2, 0.25) is 0 Å². The molecule has 0 atom stereocenters. The lowest BCUT2D eigenvalue weighted by molar-refractivity contribution is -0.138. The first-order valence-electron chi connectivity index (χ1n) is 5.75. The minimum atomic E-state index is -4.59. The molecule has 22 heavy (non-hydrogen) atoms. The Morgan fingerprint density at radius 1 is 1.00 bits per heavy atom. The van der Waals surface area contributed by atoms with Gasteiger partial charge in [-0.3, -0.25) is 4.72 Å². The zero-order valence-electron chi connectivity index (χ0n) is 10.7. The van der Waals surface area contributed by atoms with Crippen LogP contribution in [-0.2, 0) is 16.2 Å². The quantitative estimate of drug-likeness (QED) is 0.700. The molecule has 0 aliphatic rings. The predicted molar refractivity (Wildman–Crippen MR) is 84.1 cm³/mol. The topological polar surface area (TPSA) is 46.2 Å². The van der Waals surface area contributed by atoms with Crippen molar-refractivity contribution >= 4 is 47.6 Å². The van der Waals surface area contributed by atoms with Crippen molar-refractivity contribution in [3.8, 4) is 0 Å². The number of nitrogens with one attached hydrogen (secondary N) is 1. The van der Waals surface area contributed by atoms with Gasteiger partial charge in [-0.15, -0.1) is 0 Å². The lowest BCUT2D eigenvalue weighted by Gasteiger charge is -2.13. The molecule has 0 heterocycles. The van der Waals surface area contributed by atoms with Gasteiger partial charge in [-0.25, -0.2) is 8.42 Å². The molecule has 0 bridgehead atoms. The molecule has 0 amide bonds. The Bertz CT molecular complexity index is 807. The van der Waals surface area contributed by atoms with Crippen LogP contribution in [0.5, 0.6) is 0 Å². The van der Waals surface area contributed by atoms with Crippen molar-refractivity contribution in [1.82, 2.24) is 0 Å². The van der Waals surface area contributed by atoms with Gasteiger partial charge in [0.25, 0.3) is 10.0 Å². The number of anilines is 1. The average molecular weight is 459 g/mol. The normalized spacial score (nSPS) is 12.2. The Morgan fingerprint density at radius 3 is 2.27 bits per heavy atom. The summed E-state index contributed by atoms with van der Waals surface area (Å²) in [6.07, 6.45) is -4.59. The highest BCUT2D eigenvalue weighted by atomic mass is 79.9. The Balaban J connectivity index is 2.39. The second-order valence-corrected chi connectivity index (χ2v) is 7.71. The molecule has 3 nitrogen and oxygen atoms in total. The highest BCUT2D eigenvalue weighted by Gasteiger charge is 2.33. The fourth-order valence-electron chi connectivity index (χ4n) is 1.65. The molecule has 0 saturated heterocycles. The minimum absolute atomic E-state index is 0.0571. The Kier molecular flexibility index (Phi) is 4.88. The molecule has 1 N–H and O–H groups in total. The number of alkyl halides is 3. The van der Waals surface area contributed by atoms with E-state index in [0.717, 1.165) is 12.1 Å². The lowest BCUT2D eigenvalue weighted by Crippen LogP contribution is -2.14. The highest BCUT2D eigenvalue weighted by molar-refractivity contribution is 9.10. The number of hydrogen-bond donors (Lipinski definition) is 1. The molecular weight excluding hydrogens is 451 g/mol. The third kappa shape index (κ3) is 4.02. The lowest BCUT2D eigenvalue weighted by atomic mass is 10.2. The van der Waals surface area contributed by atoms with Crippen LogP contribution in [0.4, 0.5) is 18.9 Å². The summed E-state index contributed by atoms with van der Waals surface area (Å²) in [7, 11) is -3.97. The fraction of sp³-hybridized carbons (Fsp3) is 0.0769. The van der Waals surface area contributed by atoms with Gasteiger partial charge in [-0.2, -0.15) is 13.2 Å². The fourth-order valence-corrected chi connectivity index (χ4v) is 3.77. The maximum atomic E-state index is 12.8. The summed E-state index contributed by atoms with van der Waals surface area (Å²) in [6, 6.07) is 8.97. The van der Waals surface area contributed by atoms with Crippen LogP contribution in [0.3, 0.4) is 0 Å². The number of rotatable bonds is 3. The summed E-state index contributed by atoms with van der Waals surface area (Å²) < 4.78 is 65.3. The van der Waals surface area contributed by atoms with Crippen molar-refractivity contribution in [2.75, 3.05) is 4.72 Å². The van der Waals surface area contributed by atoms with E-state index in [4.69, 9.17) is 0 Å². The summed E-state index contributed by atoms with van der Waals surface area (Å²) in [5.74, 6) is 0. The maximum Gasteiger partial charge on any atom is 0.417 e. The van der Waals surface area contributed by atoms with Crippen molar-refractivity contribution in [2.45, 2.75) is 11.1 Å². The molecule has 118 valence electrons. The summed E-state index contributed by atoms with van der Waals surface area (Å²) in [5, 5.41) is 0. The van der Waals surface area contributed by atoms with Gasteiger partial charge < -0.3 is 0 Å². The van der Waals surface area contributed by atoms with E-state index in [0.29, 0.717) is 4.47 Å². The first-order chi connectivity index (χ1) is 10.1. The first kappa shape index (κ1) is 17.3. The van der Waals surface area contributed by atoms with Crippen LogP contribution in [0.25, 0.3) is 0 Å². The molecule has 0 spiro atoms. The van der Waals surface area contributed by atoms with E-state index in [-0.39, 0.29) is 15.1 Å². The van der Waals surface area contributed by atoms with E-state index in [2.05, 4.69) is 36.6 Å². The van der Waals surface area contributed by atoms with Crippen molar-refractivity contribution in [3.63, 3.8) is 0 Å². The van der Waals surface area contributed by atoms with Crippen molar-refractivity contribution in [1.29, 1.82) is 0 Å². The van der Waals surface area contributed by atoms with Crippen LogP contribution in [-0.4, -0.2) is 8.42 Å². The molecular formula is C13H8Br2F3NO2S. The molecule has 0 radical (unpaired) electrons. The Morgan fingerprint density at radius 2 is 1.68 bits per heavy atom. The monoisotopic (exact) mass is 457 g/mol. The second-order valence-electron chi connectivity index (χ2n) is 4.26.